The van der Waals surface area contributed by atoms with Crippen LogP contribution in [-0.4, -0.2) is 35.6 Å². The van der Waals surface area contributed by atoms with Crippen molar-refractivity contribution in [1.29, 1.82) is 0 Å². The van der Waals surface area contributed by atoms with Crippen molar-refractivity contribution in [1.82, 2.24) is 10.6 Å². The largest absolute Gasteiger partial charge is 0.444 e. The van der Waals surface area contributed by atoms with Gasteiger partial charge in [-0.3, -0.25) is 10.5 Å². The highest BCUT2D eigenvalue weighted by Crippen LogP contribution is 2.31. The summed E-state index contributed by atoms with van der Waals surface area (Å²) in [5, 5.41) is 0. The van der Waals surface area contributed by atoms with Gasteiger partial charge < -0.3 is 9.64 Å². The van der Waals surface area contributed by atoms with Gasteiger partial charge in [-0.15, -0.1) is 0 Å². The van der Waals surface area contributed by atoms with E-state index >= 15 is 0 Å². The molecule has 0 aromatic heterocycles. The number of amides is 2. The number of nitrogens with one attached hydrogen (secondary N) is 1. The van der Waals surface area contributed by atoms with Crippen molar-refractivity contribution in [2.75, 3.05) is 13.1 Å². The van der Waals surface area contributed by atoms with Crippen molar-refractivity contribution in [3.05, 3.63) is 0 Å². The van der Waals surface area contributed by atoms with Gasteiger partial charge >= 0.3 is 6.09 Å². The first kappa shape index (κ1) is 13.8. The predicted octanol–water partition coefficient (Wildman–Crippen LogP) is 1.83. The van der Waals surface area contributed by atoms with Gasteiger partial charge in [0.2, 0.25) is 5.91 Å². The molecule has 0 aliphatic carbocycles. The first-order chi connectivity index (χ1) is 7.64. The lowest BCUT2D eigenvalue weighted by Crippen LogP contribution is -2.47. The van der Waals surface area contributed by atoms with Crippen molar-refractivity contribution >= 4 is 12.0 Å². The molecule has 5 heteroatoms. The number of hydrogen-bond acceptors (Lipinski definition) is 3. The molecule has 1 N–H and O–H groups in total. The van der Waals surface area contributed by atoms with Gasteiger partial charge in [-0.2, -0.15) is 0 Å². The van der Waals surface area contributed by atoms with Crippen LogP contribution in [0.4, 0.5) is 4.79 Å². The minimum atomic E-state index is -0.599. The minimum absolute atomic E-state index is 0.336. The molecule has 17 heavy (non-hydrogen) atoms. The fraction of sp³-hybridized carbons (Fsp3) is 0.833. The van der Waals surface area contributed by atoms with Crippen molar-refractivity contribution in [3.63, 3.8) is 0 Å². The van der Waals surface area contributed by atoms with Crippen molar-refractivity contribution in [2.45, 2.75) is 46.1 Å². The maximum absolute atomic E-state index is 11.8. The van der Waals surface area contributed by atoms with E-state index in [0.29, 0.717) is 25.9 Å². The molecule has 1 radical (unpaired) electrons. The van der Waals surface area contributed by atoms with E-state index in [0.717, 1.165) is 0 Å². The number of likely N-dealkylation sites (tertiary alicyclic amines) is 1. The van der Waals surface area contributed by atoms with Crippen LogP contribution in [0.2, 0.25) is 0 Å². The molecule has 0 aromatic carbocycles. The summed E-state index contributed by atoms with van der Waals surface area (Å²) in [4.78, 5) is 24.5. The molecule has 0 unspecified atom stereocenters. The Labute approximate surface area is 102 Å². The van der Waals surface area contributed by atoms with Crippen LogP contribution < -0.4 is 5.73 Å². The molecule has 0 atom stereocenters. The molecule has 97 valence electrons. The second-order valence-electron chi connectivity index (χ2n) is 5.86. The van der Waals surface area contributed by atoms with Crippen molar-refractivity contribution in [2.24, 2.45) is 5.41 Å². The van der Waals surface area contributed by atoms with Crippen LogP contribution in [0.15, 0.2) is 0 Å². The molecule has 2 amide bonds. The van der Waals surface area contributed by atoms with Gasteiger partial charge in [-0.25, -0.2) is 4.79 Å². The number of nitrogens with zero attached hydrogens (tertiary/aromatic N) is 1. The first-order valence-corrected chi connectivity index (χ1v) is 5.88. The predicted molar refractivity (Wildman–Crippen MR) is 63.3 cm³/mol. The van der Waals surface area contributed by atoms with E-state index in [2.05, 4.69) is 0 Å². The zero-order chi connectivity index (χ0) is 13.3. The molecule has 0 bridgehead atoms. The molecular weight excluding hydrogens is 220 g/mol. The Bertz CT molecular complexity index is 312. The average Bonchev–Trinajstić information content (AvgIpc) is 2.15. The molecule has 1 aliphatic rings. The number of hydrogen-bond donors (Lipinski definition) is 0. The maximum Gasteiger partial charge on any atom is 0.410 e. The van der Waals surface area contributed by atoms with Gasteiger partial charge in [0, 0.05) is 13.1 Å². The van der Waals surface area contributed by atoms with Crippen LogP contribution in [-0.2, 0) is 9.53 Å². The summed E-state index contributed by atoms with van der Waals surface area (Å²) in [5.41, 5.74) is 6.12. The third-order valence-electron chi connectivity index (χ3n) is 3.07. The number of rotatable bonds is 1. The summed E-state index contributed by atoms with van der Waals surface area (Å²) in [5.74, 6) is -0.540. The Balaban J connectivity index is 2.53. The van der Waals surface area contributed by atoms with E-state index in [1.165, 1.54) is 0 Å². The van der Waals surface area contributed by atoms with Crippen LogP contribution in [0.1, 0.15) is 40.5 Å². The van der Waals surface area contributed by atoms with Gasteiger partial charge in [0.05, 0.1) is 5.41 Å². The van der Waals surface area contributed by atoms with Crippen LogP contribution in [0.5, 0.6) is 0 Å². The van der Waals surface area contributed by atoms with E-state index in [1.807, 2.05) is 20.8 Å². The second kappa shape index (κ2) is 4.55. The molecule has 1 saturated heterocycles. The second-order valence-corrected chi connectivity index (χ2v) is 5.86. The fourth-order valence-corrected chi connectivity index (χ4v) is 1.74. The summed E-state index contributed by atoms with van der Waals surface area (Å²) >= 11 is 0. The van der Waals surface area contributed by atoms with Crippen LogP contribution in [0.25, 0.3) is 0 Å². The van der Waals surface area contributed by atoms with Crippen molar-refractivity contribution in [3.8, 4) is 0 Å². The van der Waals surface area contributed by atoms with E-state index in [4.69, 9.17) is 10.5 Å². The Hall–Kier alpha value is -1.26. The fourth-order valence-electron chi connectivity index (χ4n) is 1.74. The van der Waals surface area contributed by atoms with E-state index in [1.54, 1.807) is 11.8 Å². The third kappa shape index (κ3) is 3.61. The van der Waals surface area contributed by atoms with Gasteiger partial charge in [-0.1, -0.05) is 6.92 Å². The monoisotopic (exact) mass is 241 g/mol. The third-order valence-corrected chi connectivity index (χ3v) is 3.07. The summed E-state index contributed by atoms with van der Waals surface area (Å²) in [7, 11) is 0. The number of carbonyl (C=O) groups excluding carboxylic acids is 2. The normalized spacial score (nSPS) is 19.9. The SMILES string of the molecule is CC(C)(C)OC(=O)N1CCC(C)(C([NH])=O)CC1. The quantitative estimate of drug-likeness (QED) is 0.703. The molecule has 0 aromatic rings. The molecule has 0 saturated carbocycles. The smallest absolute Gasteiger partial charge is 0.410 e. The highest BCUT2D eigenvalue weighted by molar-refractivity contribution is 5.80. The minimum Gasteiger partial charge on any atom is -0.444 e. The molecule has 5 nitrogen and oxygen atoms in total. The van der Waals surface area contributed by atoms with Crippen LogP contribution >= 0.6 is 0 Å². The lowest BCUT2D eigenvalue weighted by atomic mass is 9.80. The lowest BCUT2D eigenvalue weighted by Gasteiger charge is -2.37. The zero-order valence-electron chi connectivity index (χ0n) is 11.0. The van der Waals surface area contributed by atoms with Crippen LogP contribution in [0, 0.1) is 5.41 Å². The summed E-state index contributed by atoms with van der Waals surface area (Å²) < 4.78 is 5.26. The summed E-state index contributed by atoms with van der Waals surface area (Å²) in [6.45, 7) is 8.23. The van der Waals surface area contributed by atoms with Gasteiger partial charge in [0.15, 0.2) is 0 Å². The van der Waals surface area contributed by atoms with Crippen molar-refractivity contribution < 1.29 is 14.3 Å². The highest BCUT2D eigenvalue weighted by atomic mass is 16.6. The highest BCUT2D eigenvalue weighted by Gasteiger charge is 2.37. The van der Waals surface area contributed by atoms with Gasteiger partial charge in [0.1, 0.15) is 5.60 Å². The Morgan fingerprint density at radius 3 is 2.06 bits per heavy atom. The lowest BCUT2D eigenvalue weighted by molar-refractivity contribution is -0.130. The standard InChI is InChI=1S/C12H21N2O3/c1-11(2,3)17-10(16)14-7-5-12(4,6-8-14)9(13)15/h13H,5-8H2,1-4H3. The van der Waals surface area contributed by atoms with Gasteiger partial charge in [0.25, 0.3) is 0 Å². The average molecular weight is 241 g/mol. The Kier molecular flexibility index (Phi) is 3.69. The maximum atomic E-state index is 11.8. The van der Waals surface area contributed by atoms with E-state index in [9.17, 15) is 9.59 Å². The number of carbonyl (C=O) groups is 2. The zero-order valence-corrected chi connectivity index (χ0v) is 11.0. The topological polar surface area (TPSA) is 70.4 Å². The molecular formula is C12H21N2O3. The van der Waals surface area contributed by atoms with Gasteiger partial charge in [-0.05, 0) is 33.6 Å². The number of ether oxygens (including phenoxy) is 1. The Morgan fingerprint density at radius 2 is 1.71 bits per heavy atom. The van der Waals surface area contributed by atoms with E-state index in [-0.39, 0.29) is 6.09 Å². The summed E-state index contributed by atoms with van der Waals surface area (Å²) in [6, 6.07) is 0. The molecule has 1 fully saturated rings. The summed E-state index contributed by atoms with van der Waals surface area (Å²) in [6.07, 6.45) is 0.736. The molecule has 1 heterocycles. The molecule has 0 spiro atoms. The molecule has 1 aliphatic heterocycles. The van der Waals surface area contributed by atoms with E-state index < -0.39 is 16.9 Å². The number of piperidine rings is 1. The first-order valence-electron chi connectivity index (χ1n) is 5.88. The molecule has 1 rings (SSSR count). The Morgan fingerprint density at radius 1 is 1.24 bits per heavy atom. The van der Waals surface area contributed by atoms with Crippen LogP contribution in [0.3, 0.4) is 0 Å².